The SMILES string of the molecule is CC(C)(C)c1nc(CC2CC2)sc1CNC1CC1. The van der Waals surface area contributed by atoms with Crippen molar-refractivity contribution in [2.24, 2.45) is 5.92 Å². The zero-order valence-corrected chi connectivity index (χ0v) is 12.6. The van der Waals surface area contributed by atoms with Gasteiger partial charge in [0.15, 0.2) is 0 Å². The van der Waals surface area contributed by atoms with Gasteiger partial charge in [-0.25, -0.2) is 4.98 Å². The summed E-state index contributed by atoms with van der Waals surface area (Å²) in [5.74, 6) is 0.938. The minimum absolute atomic E-state index is 0.179. The van der Waals surface area contributed by atoms with Crippen LogP contribution in [0.4, 0.5) is 0 Å². The Morgan fingerprint density at radius 1 is 1.22 bits per heavy atom. The number of rotatable bonds is 5. The molecule has 0 amide bonds. The van der Waals surface area contributed by atoms with Gasteiger partial charge in [-0.3, -0.25) is 0 Å². The minimum Gasteiger partial charge on any atom is -0.309 e. The Labute approximate surface area is 114 Å². The lowest BCUT2D eigenvalue weighted by Gasteiger charge is -2.17. The van der Waals surface area contributed by atoms with Crippen molar-refractivity contribution in [1.82, 2.24) is 10.3 Å². The Balaban J connectivity index is 1.75. The van der Waals surface area contributed by atoms with Crippen LogP contribution in [0.1, 0.15) is 62.0 Å². The van der Waals surface area contributed by atoms with Gasteiger partial charge in [-0.05, 0) is 31.6 Å². The molecule has 0 radical (unpaired) electrons. The van der Waals surface area contributed by atoms with E-state index in [1.54, 1.807) is 0 Å². The standard InChI is InChI=1S/C15H24N2S/c1-15(2,3)14-12(9-16-11-6-7-11)18-13(17-14)8-10-4-5-10/h10-11,16H,4-9H2,1-3H3. The van der Waals surface area contributed by atoms with E-state index in [0.29, 0.717) is 0 Å². The Hall–Kier alpha value is -0.410. The van der Waals surface area contributed by atoms with E-state index >= 15 is 0 Å². The topological polar surface area (TPSA) is 24.9 Å². The molecule has 3 rings (SSSR count). The van der Waals surface area contributed by atoms with Crippen LogP contribution in [0.2, 0.25) is 0 Å². The number of nitrogens with one attached hydrogen (secondary N) is 1. The smallest absolute Gasteiger partial charge is 0.0934 e. The average molecular weight is 264 g/mol. The van der Waals surface area contributed by atoms with Crippen LogP contribution in [0.3, 0.4) is 0 Å². The zero-order chi connectivity index (χ0) is 12.8. The van der Waals surface area contributed by atoms with Crippen LogP contribution < -0.4 is 5.32 Å². The summed E-state index contributed by atoms with van der Waals surface area (Å²) in [7, 11) is 0. The molecule has 100 valence electrons. The molecule has 0 saturated heterocycles. The van der Waals surface area contributed by atoms with Crippen molar-refractivity contribution in [3.63, 3.8) is 0 Å². The molecular weight excluding hydrogens is 240 g/mol. The monoisotopic (exact) mass is 264 g/mol. The van der Waals surface area contributed by atoms with E-state index in [9.17, 15) is 0 Å². The molecule has 2 nitrogen and oxygen atoms in total. The van der Waals surface area contributed by atoms with Crippen molar-refractivity contribution < 1.29 is 0 Å². The van der Waals surface area contributed by atoms with Crippen molar-refractivity contribution in [3.8, 4) is 0 Å². The number of hydrogen-bond acceptors (Lipinski definition) is 3. The molecule has 0 aromatic carbocycles. The van der Waals surface area contributed by atoms with Crippen LogP contribution >= 0.6 is 11.3 Å². The average Bonchev–Trinajstić information content (AvgIpc) is 3.15. The zero-order valence-electron chi connectivity index (χ0n) is 11.8. The van der Waals surface area contributed by atoms with E-state index in [1.165, 1.54) is 47.7 Å². The highest BCUT2D eigenvalue weighted by atomic mass is 32.1. The van der Waals surface area contributed by atoms with Crippen LogP contribution in [0.25, 0.3) is 0 Å². The first-order valence-corrected chi connectivity index (χ1v) is 8.06. The van der Waals surface area contributed by atoms with E-state index in [-0.39, 0.29) is 5.41 Å². The normalized spacial score (nSPS) is 20.4. The number of nitrogens with zero attached hydrogens (tertiary/aromatic N) is 1. The molecule has 2 aliphatic rings. The van der Waals surface area contributed by atoms with Crippen molar-refractivity contribution in [3.05, 3.63) is 15.6 Å². The maximum Gasteiger partial charge on any atom is 0.0934 e. The van der Waals surface area contributed by atoms with Crippen molar-refractivity contribution in [1.29, 1.82) is 0 Å². The quantitative estimate of drug-likeness (QED) is 0.878. The molecule has 1 aromatic rings. The van der Waals surface area contributed by atoms with Gasteiger partial charge in [-0.15, -0.1) is 11.3 Å². The lowest BCUT2D eigenvalue weighted by molar-refractivity contribution is 0.556. The number of thiazole rings is 1. The van der Waals surface area contributed by atoms with Crippen LogP contribution in [0.5, 0.6) is 0 Å². The third-order valence-electron chi connectivity index (χ3n) is 3.74. The van der Waals surface area contributed by atoms with E-state index in [0.717, 1.165) is 18.5 Å². The molecule has 1 N–H and O–H groups in total. The maximum absolute atomic E-state index is 4.94. The molecule has 0 unspecified atom stereocenters. The van der Waals surface area contributed by atoms with Crippen LogP contribution in [-0.2, 0) is 18.4 Å². The summed E-state index contributed by atoms with van der Waals surface area (Å²) in [6, 6.07) is 0.784. The molecule has 0 spiro atoms. The maximum atomic E-state index is 4.94. The molecule has 2 saturated carbocycles. The molecular formula is C15H24N2S. The first-order chi connectivity index (χ1) is 8.52. The predicted octanol–water partition coefficient (Wildman–Crippen LogP) is 3.65. The van der Waals surface area contributed by atoms with Gasteiger partial charge in [-0.1, -0.05) is 20.8 Å². The van der Waals surface area contributed by atoms with Crippen molar-refractivity contribution >= 4 is 11.3 Å². The Morgan fingerprint density at radius 3 is 2.50 bits per heavy atom. The highest BCUT2D eigenvalue weighted by molar-refractivity contribution is 7.11. The van der Waals surface area contributed by atoms with Gasteiger partial charge < -0.3 is 5.32 Å². The molecule has 18 heavy (non-hydrogen) atoms. The second-order valence-electron chi connectivity index (χ2n) is 6.93. The summed E-state index contributed by atoms with van der Waals surface area (Å²) < 4.78 is 0. The lowest BCUT2D eigenvalue weighted by atomic mass is 9.91. The van der Waals surface area contributed by atoms with E-state index in [4.69, 9.17) is 4.98 Å². The van der Waals surface area contributed by atoms with Gasteiger partial charge in [0.1, 0.15) is 0 Å². The lowest BCUT2D eigenvalue weighted by Crippen LogP contribution is -2.20. The molecule has 1 aromatic heterocycles. The van der Waals surface area contributed by atoms with Crippen LogP contribution in [0, 0.1) is 5.92 Å². The van der Waals surface area contributed by atoms with Gasteiger partial charge in [-0.2, -0.15) is 0 Å². The summed E-state index contributed by atoms with van der Waals surface area (Å²) in [5, 5.41) is 5.01. The van der Waals surface area contributed by atoms with E-state index in [2.05, 4.69) is 26.1 Å². The Bertz CT molecular complexity index is 422. The molecule has 2 aliphatic carbocycles. The van der Waals surface area contributed by atoms with Crippen molar-refractivity contribution in [2.45, 2.75) is 70.9 Å². The highest BCUT2D eigenvalue weighted by Gasteiger charge is 2.28. The van der Waals surface area contributed by atoms with Gasteiger partial charge in [0.25, 0.3) is 0 Å². The third-order valence-corrected chi connectivity index (χ3v) is 4.82. The highest BCUT2D eigenvalue weighted by Crippen LogP contribution is 2.36. The molecule has 0 bridgehead atoms. The molecule has 0 atom stereocenters. The Kier molecular flexibility index (Phi) is 3.23. The van der Waals surface area contributed by atoms with Crippen molar-refractivity contribution in [2.75, 3.05) is 0 Å². The molecule has 1 heterocycles. The molecule has 0 aliphatic heterocycles. The number of aromatic nitrogens is 1. The van der Waals surface area contributed by atoms with Crippen LogP contribution in [0.15, 0.2) is 0 Å². The fourth-order valence-corrected chi connectivity index (χ4v) is 3.63. The first-order valence-electron chi connectivity index (χ1n) is 7.25. The largest absolute Gasteiger partial charge is 0.309 e. The molecule has 2 fully saturated rings. The summed E-state index contributed by atoms with van der Waals surface area (Å²) >= 11 is 1.95. The molecule has 3 heteroatoms. The minimum atomic E-state index is 0.179. The fraction of sp³-hybridized carbons (Fsp3) is 0.800. The number of hydrogen-bond donors (Lipinski definition) is 1. The second-order valence-corrected chi connectivity index (χ2v) is 8.10. The second kappa shape index (κ2) is 4.61. The first kappa shape index (κ1) is 12.6. The van der Waals surface area contributed by atoms with Gasteiger partial charge >= 0.3 is 0 Å². The predicted molar refractivity (Wildman–Crippen MR) is 77.1 cm³/mol. The third kappa shape index (κ3) is 3.12. The van der Waals surface area contributed by atoms with Crippen LogP contribution in [-0.4, -0.2) is 11.0 Å². The van der Waals surface area contributed by atoms with Gasteiger partial charge in [0.2, 0.25) is 0 Å². The summed E-state index contributed by atoms with van der Waals surface area (Å²) in [4.78, 5) is 6.42. The summed E-state index contributed by atoms with van der Waals surface area (Å²) in [5.41, 5.74) is 1.51. The van der Waals surface area contributed by atoms with Gasteiger partial charge in [0, 0.05) is 29.3 Å². The summed E-state index contributed by atoms with van der Waals surface area (Å²) in [6.45, 7) is 7.87. The Morgan fingerprint density at radius 2 is 1.94 bits per heavy atom. The fourth-order valence-electron chi connectivity index (χ4n) is 2.29. The summed E-state index contributed by atoms with van der Waals surface area (Å²) in [6.07, 6.45) is 6.77. The van der Waals surface area contributed by atoms with Gasteiger partial charge in [0.05, 0.1) is 10.7 Å². The van der Waals surface area contributed by atoms with E-state index < -0.39 is 0 Å². The van der Waals surface area contributed by atoms with E-state index in [1.807, 2.05) is 11.3 Å².